The van der Waals surface area contributed by atoms with E-state index in [9.17, 15) is 20.1 Å². The Balaban J connectivity index is 1.59. The predicted molar refractivity (Wildman–Crippen MR) is 243 cm³/mol. The van der Waals surface area contributed by atoms with Crippen LogP contribution in [0.3, 0.4) is 0 Å². The highest BCUT2D eigenvalue weighted by molar-refractivity contribution is 5.88. The van der Waals surface area contributed by atoms with Crippen LogP contribution in [0.2, 0.25) is 0 Å². The number of aliphatic hydroxyl groups excluding tert-OH is 2. The lowest BCUT2D eigenvalue weighted by molar-refractivity contribution is -0.934. The van der Waals surface area contributed by atoms with E-state index in [-0.39, 0.29) is 31.6 Å². The van der Waals surface area contributed by atoms with E-state index in [0.717, 1.165) is 17.7 Å². The third-order valence-corrected chi connectivity index (χ3v) is 13.7. The van der Waals surface area contributed by atoms with Gasteiger partial charge in [0.1, 0.15) is 30.9 Å². The summed E-state index contributed by atoms with van der Waals surface area (Å²) < 4.78 is 34.1. The second kappa shape index (κ2) is 22.0. The Labute approximate surface area is 376 Å². The lowest BCUT2D eigenvalue weighted by Crippen LogP contribution is -2.64. The fraction of sp³-hybridized carbons (Fsp3) is 0.608. The first-order chi connectivity index (χ1) is 29.8. The van der Waals surface area contributed by atoms with Gasteiger partial charge in [0.2, 0.25) is 0 Å². The standard InChI is InChI=1S/C51H75N2O10/c1-12-42-51(8,57)46(55)35(4)43(52-60-32-40-26-20-15-21-27-40)33(2)29-50(7,58-11)47(36(5)44(54)37(6)48(56)62-42)63-49-45(59-31-39-24-18-14-19-25-39)41(28-34(3)61-49)53(9,10)30-38-22-16-13-17-23-38/h13-27,33-37,41-42,44-47,49,54-55,57H,12,28-32H2,1-11H3/q+1/b52-43+/t33-,34-,35+,36+,37-,41+,42-,44+,45-,46-,47-,49+,50-,51-/m1/s1. The summed E-state index contributed by atoms with van der Waals surface area (Å²) in [5.41, 5.74) is 0.552. The molecule has 3 aromatic rings. The SMILES string of the molecule is CC[C@H]1OC(=O)[C@H](C)[C@@H](O)[C@H](C)[C@@H](O[C@@H]2O[C@H](C)C[C@H]([N+](C)(C)Cc3ccccc3)[C@H]2OCc2ccccc2)[C@](C)(OC)C[C@@H](C)/C(=N\OCc2ccccc2)[C@H](C)[C@@H](O)[C@]1(C)O. The highest BCUT2D eigenvalue weighted by Gasteiger charge is 2.53. The van der Waals surface area contributed by atoms with Gasteiger partial charge in [-0.2, -0.15) is 0 Å². The van der Waals surface area contributed by atoms with Crippen molar-refractivity contribution in [2.75, 3.05) is 21.2 Å². The predicted octanol–water partition coefficient (Wildman–Crippen LogP) is 7.46. The highest BCUT2D eigenvalue weighted by atomic mass is 16.7. The number of quaternary nitrogens is 1. The van der Waals surface area contributed by atoms with Gasteiger partial charge in [0, 0.05) is 36.8 Å². The number of methoxy groups -OCH3 is 1. The molecule has 3 aromatic carbocycles. The number of ether oxygens (including phenoxy) is 5. The molecule has 0 amide bonds. The first kappa shape index (κ1) is 50.3. The average molecular weight is 876 g/mol. The van der Waals surface area contributed by atoms with Gasteiger partial charge in [-0.05, 0) is 51.7 Å². The number of hydrogen-bond acceptors (Lipinski definition) is 11. The minimum Gasteiger partial charge on any atom is -0.459 e. The number of esters is 1. The van der Waals surface area contributed by atoms with E-state index in [2.05, 4.69) is 43.5 Å². The molecule has 12 nitrogen and oxygen atoms in total. The summed E-state index contributed by atoms with van der Waals surface area (Å²) >= 11 is 0. The fourth-order valence-electron chi connectivity index (χ4n) is 9.81. The number of rotatable bonds is 13. The zero-order valence-corrected chi connectivity index (χ0v) is 39.4. The molecule has 2 aliphatic rings. The molecule has 3 N–H and O–H groups in total. The molecule has 0 saturated carbocycles. The highest BCUT2D eigenvalue weighted by Crippen LogP contribution is 2.41. The molecule has 2 saturated heterocycles. The molecule has 0 aromatic heterocycles. The molecule has 2 fully saturated rings. The maximum absolute atomic E-state index is 14.0. The molecule has 2 aliphatic heterocycles. The van der Waals surface area contributed by atoms with Gasteiger partial charge in [0.15, 0.2) is 12.4 Å². The Morgan fingerprint density at radius 1 is 0.825 bits per heavy atom. The minimum atomic E-state index is -1.88. The summed E-state index contributed by atoms with van der Waals surface area (Å²) in [6.07, 6.45) is -5.19. The third kappa shape index (κ3) is 12.3. The number of cyclic esters (lactones) is 1. The number of aliphatic hydroxyl groups is 3. The molecule has 0 bridgehead atoms. The summed E-state index contributed by atoms with van der Waals surface area (Å²) in [5, 5.41) is 40.8. The zero-order chi connectivity index (χ0) is 46.1. The number of carbonyl (C=O) groups is 1. The topological polar surface area (TPSA) is 146 Å². The van der Waals surface area contributed by atoms with Gasteiger partial charge in [-0.25, -0.2) is 0 Å². The summed E-state index contributed by atoms with van der Waals surface area (Å²) in [5.74, 6) is -3.66. The second-order valence-electron chi connectivity index (χ2n) is 19.2. The van der Waals surface area contributed by atoms with E-state index in [1.807, 2.05) is 94.4 Å². The molecular formula is C51H75N2O10+. The van der Waals surface area contributed by atoms with Gasteiger partial charge in [0.25, 0.3) is 0 Å². The van der Waals surface area contributed by atoms with Gasteiger partial charge in [-0.3, -0.25) is 4.79 Å². The molecule has 0 radical (unpaired) electrons. The van der Waals surface area contributed by atoms with E-state index < -0.39 is 77.7 Å². The van der Waals surface area contributed by atoms with Gasteiger partial charge < -0.3 is 48.3 Å². The van der Waals surface area contributed by atoms with E-state index in [1.165, 1.54) is 12.5 Å². The summed E-state index contributed by atoms with van der Waals surface area (Å²) in [6, 6.07) is 30.0. The van der Waals surface area contributed by atoms with Crippen LogP contribution in [0.15, 0.2) is 96.2 Å². The number of carbonyl (C=O) groups excluding carboxylic acids is 1. The fourth-order valence-corrected chi connectivity index (χ4v) is 9.81. The van der Waals surface area contributed by atoms with E-state index in [1.54, 1.807) is 27.9 Å². The average Bonchev–Trinajstić information content (AvgIpc) is 3.27. The number of likely N-dealkylation sites (N-methyl/N-ethyl adjacent to an activating group) is 1. The van der Waals surface area contributed by atoms with Crippen molar-refractivity contribution in [1.82, 2.24) is 0 Å². The number of oxime groups is 1. The molecular weight excluding hydrogens is 801 g/mol. The van der Waals surface area contributed by atoms with Gasteiger partial charge in [-0.15, -0.1) is 0 Å². The van der Waals surface area contributed by atoms with Crippen LogP contribution in [0, 0.1) is 23.7 Å². The third-order valence-electron chi connectivity index (χ3n) is 13.7. The largest absolute Gasteiger partial charge is 0.459 e. The van der Waals surface area contributed by atoms with Gasteiger partial charge in [-0.1, -0.05) is 124 Å². The van der Waals surface area contributed by atoms with Gasteiger partial charge >= 0.3 is 5.97 Å². The number of benzene rings is 3. The maximum atomic E-state index is 14.0. The molecule has 14 atom stereocenters. The van der Waals surface area contributed by atoms with Crippen molar-refractivity contribution >= 4 is 11.7 Å². The Hall–Kier alpha value is -3.72. The molecule has 0 spiro atoms. The smallest absolute Gasteiger partial charge is 0.311 e. The Kier molecular flexibility index (Phi) is 17.5. The molecule has 348 valence electrons. The van der Waals surface area contributed by atoms with Crippen molar-refractivity contribution in [3.8, 4) is 0 Å². The van der Waals surface area contributed by atoms with Crippen molar-refractivity contribution in [2.24, 2.45) is 28.8 Å². The van der Waals surface area contributed by atoms with E-state index in [0.29, 0.717) is 23.2 Å². The van der Waals surface area contributed by atoms with Crippen molar-refractivity contribution < 1.29 is 53.1 Å². The van der Waals surface area contributed by atoms with Gasteiger partial charge in [0.05, 0.1) is 62.3 Å². The van der Waals surface area contributed by atoms with Crippen LogP contribution >= 0.6 is 0 Å². The molecule has 5 rings (SSSR count). The second-order valence-corrected chi connectivity index (χ2v) is 19.2. The Morgan fingerprint density at radius 2 is 1.38 bits per heavy atom. The molecule has 2 heterocycles. The normalized spacial score (nSPS) is 35.7. The monoisotopic (exact) mass is 876 g/mol. The van der Waals surface area contributed by atoms with Crippen molar-refractivity contribution in [2.45, 2.75) is 155 Å². The van der Waals surface area contributed by atoms with Crippen LogP contribution in [0.25, 0.3) is 0 Å². The van der Waals surface area contributed by atoms with Crippen molar-refractivity contribution in [3.63, 3.8) is 0 Å². The first-order valence-electron chi connectivity index (χ1n) is 22.7. The summed E-state index contributed by atoms with van der Waals surface area (Å²) in [6.45, 7) is 15.7. The van der Waals surface area contributed by atoms with E-state index in [4.69, 9.17) is 28.5 Å². The molecule has 0 unspecified atom stereocenters. The van der Waals surface area contributed by atoms with Crippen LogP contribution < -0.4 is 0 Å². The Morgan fingerprint density at radius 3 is 1.94 bits per heavy atom. The van der Waals surface area contributed by atoms with E-state index >= 15 is 0 Å². The van der Waals surface area contributed by atoms with Crippen LogP contribution in [-0.4, -0.2) is 113 Å². The zero-order valence-electron chi connectivity index (χ0n) is 39.4. The molecule has 63 heavy (non-hydrogen) atoms. The maximum Gasteiger partial charge on any atom is 0.311 e. The molecule has 0 aliphatic carbocycles. The summed E-state index contributed by atoms with van der Waals surface area (Å²) in [4.78, 5) is 20.0. The van der Waals surface area contributed by atoms with Crippen molar-refractivity contribution in [1.29, 1.82) is 0 Å². The Bertz CT molecular complexity index is 1880. The van der Waals surface area contributed by atoms with Crippen LogP contribution in [-0.2, 0) is 53.1 Å². The lowest BCUT2D eigenvalue weighted by atomic mass is 9.73. The minimum absolute atomic E-state index is 0.0790. The first-order valence-corrected chi connectivity index (χ1v) is 22.7. The lowest BCUT2D eigenvalue weighted by Gasteiger charge is -2.51. The molecule has 12 heteroatoms. The number of nitrogens with zero attached hydrogens (tertiary/aromatic N) is 2. The van der Waals surface area contributed by atoms with Crippen LogP contribution in [0.5, 0.6) is 0 Å². The van der Waals surface area contributed by atoms with Crippen LogP contribution in [0.4, 0.5) is 0 Å². The summed E-state index contributed by atoms with van der Waals surface area (Å²) in [7, 11) is 6.03. The van der Waals surface area contributed by atoms with Crippen LogP contribution in [0.1, 0.15) is 91.3 Å². The number of hydrogen-bond donors (Lipinski definition) is 3. The quantitative estimate of drug-likeness (QED) is 0.0900. The van der Waals surface area contributed by atoms with Crippen molar-refractivity contribution in [3.05, 3.63) is 108 Å².